The molecular weight excluding hydrogens is 273 g/mol. The van der Waals surface area contributed by atoms with Gasteiger partial charge in [0.2, 0.25) is 17.8 Å². The van der Waals surface area contributed by atoms with Crippen molar-refractivity contribution in [1.29, 1.82) is 0 Å². The molecule has 0 unspecified atom stereocenters. The van der Waals surface area contributed by atoms with Crippen LogP contribution in [0.5, 0.6) is 0 Å². The molecular formula is C11H19F3N6. The van der Waals surface area contributed by atoms with E-state index in [0.717, 1.165) is 11.3 Å². The molecule has 1 aromatic rings. The average Bonchev–Trinajstić information content (AvgIpc) is 2.33. The molecule has 1 aromatic heterocycles. The van der Waals surface area contributed by atoms with Gasteiger partial charge in [-0.25, -0.2) is 0 Å². The molecule has 0 fully saturated rings. The van der Waals surface area contributed by atoms with E-state index in [1.807, 2.05) is 6.92 Å². The van der Waals surface area contributed by atoms with E-state index in [1.54, 1.807) is 19.0 Å². The normalized spacial score (nSPS) is 11.3. The maximum Gasteiger partial charge on any atom is 0.406 e. The minimum atomic E-state index is -4.31. The first-order valence-corrected chi connectivity index (χ1v) is 6.18. The Bertz CT molecular complexity index is 435. The van der Waals surface area contributed by atoms with Crippen molar-refractivity contribution in [2.75, 3.05) is 49.3 Å². The third-order valence-electron chi connectivity index (χ3n) is 2.30. The van der Waals surface area contributed by atoms with Gasteiger partial charge in [-0.1, -0.05) is 6.92 Å². The first kappa shape index (κ1) is 16.3. The lowest BCUT2D eigenvalue weighted by molar-refractivity contribution is -0.119. The molecule has 0 amide bonds. The summed E-state index contributed by atoms with van der Waals surface area (Å²) < 4.78 is 37.2. The number of rotatable bonds is 6. The molecule has 20 heavy (non-hydrogen) atoms. The molecule has 9 heteroatoms. The number of alkyl halides is 3. The van der Waals surface area contributed by atoms with E-state index >= 15 is 0 Å². The molecule has 0 saturated carbocycles. The topological polar surface area (TPSA) is 57.2 Å². The summed E-state index contributed by atoms with van der Waals surface area (Å²) in [5, 5.41) is 2.95. The van der Waals surface area contributed by atoms with Gasteiger partial charge in [0.25, 0.3) is 0 Å². The maximum atomic E-state index is 12.4. The van der Waals surface area contributed by atoms with E-state index in [-0.39, 0.29) is 11.9 Å². The second kappa shape index (κ2) is 6.58. The van der Waals surface area contributed by atoms with E-state index in [2.05, 4.69) is 20.3 Å². The summed E-state index contributed by atoms with van der Waals surface area (Å²) in [5.41, 5.74) is 0. The predicted molar refractivity (Wildman–Crippen MR) is 72.3 cm³/mol. The Morgan fingerprint density at radius 1 is 1.05 bits per heavy atom. The van der Waals surface area contributed by atoms with Crippen LogP contribution in [0.1, 0.15) is 13.3 Å². The molecule has 0 aromatic carbocycles. The first-order chi connectivity index (χ1) is 9.23. The van der Waals surface area contributed by atoms with Crippen LogP contribution in [-0.2, 0) is 0 Å². The van der Waals surface area contributed by atoms with E-state index < -0.39 is 12.7 Å². The summed E-state index contributed by atoms with van der Waals surface area (Å²) in [5.74, 6) is 0.567. The SMILES string of the molecule is CCCNc1nc(N(C)C)nc(N(C)CC(F)(F)F)n1. The van der Waals surface area contributed by atoms with Crippen LogP contribution in [0, 0.1) is 0 Å². The molecule has 0 bridgehead atoms. The van der Waals surface area contributed by atoms with Crippen molar-refractivity contribution in [2.45, 2.75) is 19.5 Å². The number of aromatic nitrogens is 3. The Hall–Kier alpha value is -1.80. The van der Waals surface area contributed by atoms with Gasteiger partial charge in [0, 0.05) is 27.7 Å². The van der Waals surface area contributed by atoms with E-state index in [9.17, 15) is 13.2 Å². The fourth-order valence-corrected chi connectivity index (χ4v) is 1.38. The molecule has 0 saturated heterocycles. The summed E-state index contributed by atoms with van der Waals surface area (Å²) in [7, 11) is 4.73. The third-order valence-corrected chi connectivity index (χ3v) is 2.30. The molecule has 1 rings (SSSR count). The standard InChI is InChI=1S/C11H19F3N6/c1-5-6-15-8-16-9(19(2)3)18-10(17-8)20(4)7-11(12,13)14/h5-7H2,1-4H3,(H,15,16,17,18). The molecule has 114 valence electrons. The minimum absolute atomic E-state index is 0.0142. The van der Waals surface area contributed by atoms with Crippen molar-refractivity contribution in [3.8, 4) is 0 Å². The van der Waals surface area contributed by atoms with Gasteiger partial charge in [0.15, 0.2) is 0 Å². The summed E-state index contributed by atoms with van der Waals surface area (Å²) in [6.45, 7) is 1.49. The monoisotopic (exact) mass is 292 g/mol. The molecule has 0 aliphatic rings. The van der Waals surface area contributed by atoms with Gasteiger partial charge >= 0.3 is 6.18 Å². The van der Waals surface area contributed by atoms with Crippen molar-refractivity contribution >= 4 is 17.8 Å². The van der Waals surface area contributed by atoms with Crippen LogP contribution >= 0.6 is 0 Å². The van der Waals surface area contributed by atoms with E-state index in [1.165, 1.54) is 7.05 Å². The second-order valence-electron chi connectivity index (χ2n) is 4.55. The average molecular weight is 292 g/mol. The lowest BCUT2D eigenvalue weighted by Gasteiger charge is -2.21. The van der Waals surface area contributed by atoms with Gasteiger partial charge in [0.05, 0.1) is 0 Å². The number of nitrogens with zero attached hydrogens (tertiary/aromatic N) is 5. The highest BCUT2D eigenvalue weighted by Crippen LogP contribution is 2.20. The van der Waals surface area contributed by atoms with Gasteiger partial charge in [-0.15, -0.1) is 0 Å². The lowest BCUT2D eigenvalue weighted by Crippen LogP contribution is -2.32. The Labute approximate surface area is 116 Å². The molecule has 0 aliphatic carbocycles. The number of nitrogens with one attached hydrogen (secondary N) is 1. The van der Waals surface area contributed by atoms with Crippen molar-refractivity contribution in [3.63, 3.8) is 0 Å². The third kappa shape index (κ3) is 5.06. The molecule has 1 N–H and O–H groups in total. The second-order valence-corrected chi connectivity index (χ2v) is 4.55. The summed E-state index contributed by atoms with van der Waals surface area (Å²) >= 11 is 0. The summed E-state index contributed by atoms with van der Waals surface area (Å²) in [4.78, 5) is 14.7. The van der Waals surface area contributed by atoms with Gasteiger partial charge in [-0.3, -0.25) is 0 Å². The van der Waals surface area contributed by atoms with Crippen molar-refractivity contribution < 1.29 is 13.2 Å². The van der Waals surface area contributed by atoms with Crippen molar-refractivity contribution in [2.24, 2.45) is 0 Å². The fourth-order valence-electron chi connectivity index (χ4n) is 1.38. The van der Waals surface area contributed by atoms with E-state index in [4.69, 9.17) is 0 Å². The maximum absolute atomic E-state index is 12.4. The zero-order valence-electron chi connectivity index (χ0n) is 12.0. The number of hydrogen-bond acceptors (Lipinski definition) is 6. The molecule has 0 atom stereocenters. The Morgan fingerprint density at radius 2 is 1.65 bits per heavy atom. The van der Waals surface area contributed by atoms with E-state index in [0.29, 0.717) is 12.5 Å². The van der Waals surface area contributed by atoms with Crippen molar-refractivity contribution in [3.05, 3.63) is 0 Å². The van der Waals surface area contributed by atoms with Gasteiger partial charge in [0.1, 0.15) is 6.54 Å². The van der Waals surface area contributed by atoms with Gasteiger partial charge in [-0.2, -0.15) is 28.1 Å². The Kier molecular flexibility index (Phi) is 5.34. The molecule has 6 nitrogen and oxygen atoms in total. The smallest absolute Gasteiger partial charge is 0.354 e. The highest BCUT2D eigenvalue weighted by molar-refractivity contribution is 5.44. The highest BCUT2D eigenvalue weighted by atomic mass is 19.4. The van der Waals surface area contributed by atoms with Crippen LogP contribution in [0.15, 0.2) is 0 Å². The largest absolute Gasteiger partial charge is 0.406 e. The number of anilines is 3. The van der Waals surface area contributed by atoms with Crippen LogP contribution in [0.4, 0.5) is 31.0 Å². The van der Waals surface area contributed by atoms with Gasteiger partial charge < -0.3 is 15.1 Å². The zero-order chi connectivity index (χ0) is 15.3. The zero-order valence-corrected chi connectivity index (χ0v) is 12.0. The molecule has 0 spiro atoms. The summed E-state index contributed by atoms with van der Waals surface area (Å²) in [6.07, 6.45) is -3.45. The van der Waals surface area contributed by atoms with Crippen LogP contribution in [0.3, 0.4) is 0 Å². The predicted octanol–water partition coefficient (Wildman–Crippen LogP) is 1.76. The Balaban J connectivity index is 3.01. The fraction of sp³-hybridized carbons (Fsp3) is 0.727. The van der Waals surface area contributed by atoms with Crippen LogP contribution in [0.2, 0.25) is 0 Å². The van der Waals surface area contributed by atoms with Gasteiger partial charge in [-0.05, 0) is 6.42 Å². The first-order valence-electron chi connectivity index (χ1n) is 6.18. The number of hydrogen-bond donors (Lipinski definition) is 1. The lowest BCUT2D eigenvalue weighted by atomic mass is 10.5. The molecule has 0 aliphatic heterocycles. The number of halogens is 3. The molecule has 1 heterocycles. The van der Waals surface area contributed by atoms with Crippen LogP contribution in [-0.4, -0.2) is 55.4 Å². The van der Waals surface area contributed by atoms with Crippen LogP contribution in [0.25, 0.3) is 0 Å². The quantitative estimate of drug-likeness (QED) is 0.862. The Morgan fingerprint density at radius 3 is 2.15 bits per heavy atom. The minimum Gasteiger partial charge on any atom is -0.354 e. The summed E-state index contributed by atoms with van der Waals surface area (Å²) in [6, 6.07) is 0. The molecule has 0 radical (unpaired) electrons. The van der Waals surface area contributed by atoms with Crippen molar-refractivity contribution in [1.82, 2.24) is 15.0 Å². The highest BCUT2D eigenvalue weighted by Gasteiger charge is 2.30. The van der Waals surface area contributed by atoms with Crippen LogP contribution < -0.4 is 15.1 Å².